The molecule has 1 aromatic rings. The van der Waals surface area contributed by atoms with Gasteiger partial charge >= 0.3 is 0 Å². The molecule has 2 amide bonds. The number of nitrogens with zero attached hydrogens (tertiary/aromatic N) is 1. The average molecular weight is 414 g/mol. The second kappa shape index (κ2) is 10.9. The van der Waals surface area contributed by atoms with Gasteiger partial charge in [0.15, 0.2) is 0 Å². The summed E-state index contributed by atoms with van der Waals surface area (Å²) in [5.41, 5.74) is 0.947. The minimum absolute atomic E-state index is 0. The van der Waals surface area contributed by atoms with E-state index in [1.54, 1.807) is 0 Å². The van der Waals surface area contributed by atoms with Gasteiger partial charge in [0.25, 0.3) is 0 Å². The Morgan fingerprint density at radius 3 is 2.67 bits per heavy atom. The summed E-state index contributed by atoms with van der Waals surface area (Å²) in [4.78, 5) is 26.8. The molecule has 1 atom stereocenters. The van der Waals surface area contributed by atoms with Crippen LogP contribution in [-0.4, -0.2) is 42.9 Å². The zero-order valence-electron chi connectivity index (χ0n) is 15.6. The third kappa shape index (κ3) is 6.09. The van der Waals surface area contributed by atoms with Crippen molar-refractivity contribution >= 4 is 35.8 Å². The number of nitrogens with one attached hydrogen (secondary N) is 2. The van der Waals surface area contributed by atoms with E-state index in [0.29, 0.717) is 30.5 Å². The van der Waals surface area contributed by atoms with Crippen molar-refractivity contribution in [3.05, 3.63) is 34.9 Å². The number of carbonyl (C=O) groups is 2. The van der Waals surface area contributed by atoms with Gasteiger partial charge in [0.2, 0.25) is 11.8 Å². The molecule has 2 aliphatic rings. The molecule has 5 nitrogen and oxygen atoms in total. The van der Waals surface area contributed by atoms with Crippen LogP contribution in [0.5, 0.6) is 0 Å². The van der Waals surface area contributed by atoms with Gasteiger partial charge in [-0.2, -0.15) is 0 Å². The van der Waals surface area contributed by atoms with Crippen molar-refractivity contribution in [3.63, 3.8) is 0 Å². The third-order valence-corrected chi connectivity index (χ3v) is 5.81. The molecule has 1 aliphatic carbocycles. The molecular formula is C20H29Cl2N3O2. The fourth-order valence-electron chi connectivity index (χ4n) is 4.03. The summed E-state index contributed by atoms with van der Waals surface area (Å²) in [6.45, 7) is 2.11. The summed E-state index contributed by atoms with van der Waals surface area (Å²) in [7, 11) is 0. The van der Waals surface area contributed by atoms with Gasteiger partial charge in [0.1, 0.15) is 0 Å². The van der Waals surface area contributed by atoms with E-state index in [0.717, 1.165) is 24.9 Å². The largest absolute Gasteiger partial charge is 0.347 e. The first-order valence-electron chi connectivity index (χ1n) is 9.66. The predicted octanol–water partition coefficient (Wildman–Crippen LogP) is 3.32. The van der Waals surface area contributed by atoms with Crippen LogP contribution in [0.4, 0.5) is 0 Å². The van der Waals surface area contributed by atoms with Crippen LogP contribution in [0.2, 0.25) is 5.02 Å². The number of benzene rings is 1. The molecule has 1 aromatic carbocycles. The number of hydrogen-bond donors (Lipinski definition) is 2. The van der Waals surface area contributed by atoms with Gasteiger partial charge in [0, 0.05) is 31.1 Å². The van der Waals surface area contributed by atoms with Gasteiger partial charge < -0.3 is 15.5 Å². The third-order valence-electron chi connectivity index (χ3n) is 5.46. The van der Waals surface area contributed by atoms with Gasteiger partial charge in [-0.1, -0.05) is 49.1 Å². The highest BCUT2D eigenvalue weighted by Gasteiger charge is 2.29. The minimum Gasteiger partial charge on any atom is -0.347 e. The van der Waals surface area contributed by atoms with E-state index < -0.39 is 0 Å². The van der Waals surface area contributed by atoms with Crippen LogP contribution >= 0.6 is 24.0 Å². The van der Waals surface area contributed by atoms with Crippen LogP contribution in [0.3, 0.4) is 0 Å². The van der Waals surface area contributed by atoms with Crippen molar-refractivity contribution in [2.45, 2.75) is 44.6 Å². The molecule has 0 bridgehead atoms. The maximum Gasteiger partial charge on any atom is 0.242 e. The Balaban J connectivity index is 0.00000261. The molecule has 1 aliphatic heterocycles. The Labute approximate surface area is 172 Å². The number of hydrogen-bond acceptors (Lipinski definition) is 3. The highest BCUT2D eigenvalue weighted by Crippen LogP contribution is 2.28. The topological polar surface area (TPSA) is 61.4 Å². The van der Waals surface area contributed by atoms with Crippen LogP contribution in [-0.2, 0) is 9.59 Å². The molecule has 3 rings (SSSR count). The van der Waals surface area contributed by atoms with Crippen molar-refractivity contribution in [1.82, 2.24) is 15.5 Å². The van der Waals surface area contributed by atoms with E-state index in [1.165, 1.54) is 19.3 Å². The molecule has 27 heavy (non-hydrogen) atoms. The molecule has 1 heterocycles. The van der Waals surface area contributed by atoms with Crippen LogP contribution in [0.15, 0.2) is 24.3 Å². The molecule has 1 unspecified atom stereocenters. The van der Waals surface area contributed by atoms with Gasteiger partial charge in [-0.05, 0) is 30.4 Å². The average Bonchev–Trinajstić information content (AvgIpc) is 2.67. The lowest BCUT2D eigenvalue weighted by Gasteiger charge is -2.37. The molecule has 0 aromatic heterocycles. The van der Waals surface area contributed by atoms with Gasteiger partial charge in [-0.15, -0.1) is 12.4 Å². The maximum atomic E-state index is 12.7. The number of halogens is 2. The lowest BCUT2D eigenvalue weighted by atomic mass is 9.87. The zero-order chi connectivity index (χ0) is 18.4. The molecule has 2 fully saturated rings. The lowest BCUT2D eigenvalue weighted by molar-refractivity contribution is -0.135. The van der Waals surface area contributed by atoms with E-state index in [2.05, 4.69) is 10.6 Å². The first-order chi connectivity index (χ1) is 12.6. The molecule has 0 radical (unpaired) electrons. The molecule has 0 spiro atoms. The number of rotatable bonds is 5. The predicted molar refractivity (Wildman–Crippen MR) is 110 cm³/mol. The Kier molecular flexibility index (Phi) is 8.87. The second-order valence-corrected chi connectivity index (χ2v) is 7.72. The zero-order valence-corrected chi connectivity index (χ0v) is 17.2. The quantitative estimate of drug-likeness (QED) is 0.777. The summed E-state index contributed by atoms with van der Waals surface area (Å²) in [6, 6.07) is 7.53. The highest BCUT2D eigenvalue weighted by atomic mass is 35.5. The van der Waals surface area contributed by atoms with E-state index >= 15 is 0 Å². The van der Waals surface area contributed by atoms with Crippen molar-refractivity contribution in [3.8, 4) is 0 Å². The fourth-order valence-corrected chi connectivity index (χ4v) is 4.29. The number of amides is 2. The van der Waals surface area contributed by atoms with Gasteiger partial charge in [-0.25, -0.2) is 0 Å². The van der Waals surface area contributed by atoms with E-state index in [9.17, 15) is 9.59 Å². The van der Waals surface area contributed by atoms with Crippen molar-refractivity contribution < 1.29 is 9.59 Å². The first kappa shape index (κ1) is 22.0. The lowest BCUT2D eigenvalue weighted by Crippen LogP contribution is -2.51. The Hall–Kier alpha value is -1.30. The van der Waals surface area contributed by atoms with Crippen molar-refractivity contribution in [2.75, 3.05) is 26.2 Å². The van der Waals surface area contributed by atoms with Crippen LogP contribution < -0.4 is 10.6 Å². The number of carbonyl (C=O) groups excluding carboxylic acids is 2. The van der Waals surface area contributed by atoms with Gasteiger partial charge in [0.05, 0.1) is 12.6 Å². The summed E-state index contributed by atoms with van der Waals surface area (Å²) in [5.74, 6) is 0.428. The Morgan fingerprint density at radius 2 is 1.93 bits per heavy atom. The molecule has 2 N–H and O–H groups in total. The molecule has 1 saturated carbocycles. The van der Waals surface area contributed by atoms with E-state index in [1.807, 2.05) is 29.2 Å². The van der Waals surface area contributed by atoms with E-state index in [-0.39, 0.29) is 36.8 Å². The first-order valence-corrected chi connectivity index (χ1v) is 10.0. The SMILES string of the molecule is Cl.O=C(CC1CCCCC1)NCC(=O)N1CCNCC1c1ccccc1Cl. The Morgan fingerprint density at radius 1 is 1.19 bits per heavy atom. The summed E-state index contributed by atoms with van der Waals surface area (Å²) >= 11 is 6.33. The highest BCUT2D eigenvalue weighted by molar-refractivity contribution is 6.31. The van der Waals surface area contributed by atoms with Crippen LogP contribution in [0, 0.1) is 5.92 Å². The molecule has 1 saturated heterocycles. The molecule has 7 heteroatoms. The second-order valence-electron chi connectivity index (χ2n) is 7.31. The normalized spacial score (nSPS) is 20.6. The maximum absolute atomic E-state index is 12.7. The van der Waals surface area contributed by atoms with Crippen LogP contribution in [0.1, 0.15) is 50.1 Å². The number of piperazine rings is 1. The van der Waals surface area contributed by atoms with Gasteiger partial charge in [-0.3, -0.25) is 9.59 Å². The molecular weight excluding hydrogens is 385 g/mol. The van der Waals surface area contributed by atoms with Crippen LogP contribution in [0.25, 0.3) is 0 Å². The molecule has 150 valence electrons. The fraction of sp³-hybridized carbons (Fsp3) is 0.600. The minimum atomic E-state index is -0.0970. The summed E-state index contributed by atoms with van der Waals surface area (Å²) < 4.78 is 0. The standard InChI is InChI=1S/C20H28ClN3O2.ClH/c21-17-9-5-4-8-16(17)18-13-22-10-11-24(18)20(26)14-23-19(25)12-15-6-2-1-3-7-15;/h4-5,8-9,15,18,22H,1-3,6-7,10-14H2,(H,23,25);1H. The van der Waals surface area contributed by atoms with E-state index in [4.69, 9.17) is 11.6 Å². The Bertz CT molecular complexity index is 635. The summed E-state index contributed by atoms with van der Waals surface area (Å²) in [5, 5.41) is 6.82. The van der Waals surface area contributed by atoms with Crippen molar-refractivity contribution in [1.29, 1.82) is 0 Å². The smallest absolute Gasteiger partial charge is 0.242 e. The summed E-state index contributed by atoms with van der Waals surface area (Å²) in [6.07, 6.45) is 6.53. The monoisotopic (exact) mass is 413 g/mol. The van der Waals surface area contributed by atoms with Crippen molar-refractivity contribution in [2.24, 2.45) is 5.92 Å².